The van der Waals surface area contributed by atoms with E-state index in [1.807, 2.05) is 35.7 Å². The summed E-state index contributed by atoms with van der Waals surface area (Å²) in [6, 6.07) is 0.303. The minimum absolute atomic E-state index is 0.303. The normalized spacial score (nSPS) is 12.9. The van der Waals surface area contributed by atoms with Crippen molar-refractivity contribution in [3.05, 3.63) is 30.1 Å². The summed E-state index contributed by atoms with van der Waals surface area (Å²) >= 11 is 0. The Morgan fingerprint density at radius 2 is 2.24 bits per heavy atom. The largest absolute Gasteiger partial charge is 0.321 e. The fourth-order valence-corrected chi connectivity index (χ4v) is 1.72. The van der Waals surface area contributed by atoms with Crippen molar-refractivity contribution >= 4 is 0 Å². The van der Waals surface area contributed by atoms with Gasteiger partial charge in [-0.2, -0.15) is 5.10 Å². The lowest BCUT2D eigenvalue weighted by Crippen LogP contribution is -2.22. The molecule has 1 atom stereocenters. The summed E-state index contributed by atoms with van der Waals surface area (Å²) in [6.45, 7) is 3.01. The van der Waals surface area contributed by atoms with Gasteiger partial charge in [0.15, 0.2) is 0 Å². The molecule has 17 heavy (non-hydrogen) atoms. The Hall–Kier alpha value is -1.69. The molecular weight excluding hydrogens is 216 g/mol. The van der Waals surface area contributed by atoms with Gasteiger partial charge in [0.2, 0.25) is 0 Å². The first-order chi connectivity index (χ1) is 8.16. The van der Waals surface area contributed by atoms with Crippen molar-refractivity contribution in [2.24, 2.45) is 14.1 Å². The van der Waals surface area contributed by atoms with E-state index in [-0.39, 0.29) is 0 Å². The average Bonchev–Trinajstić information content (AvgIpc) is 2.88. The highest BCUT2D eigenvalue weighted by Gasteiger charge is 2.07. The molecular formula is C11H18N6. The van der Waals surface area contributed by atoms with E-state index >= 15 is 0 Å². The van der Waals surface area contributed by atoms with Gasteiger partial charge in [-0.3, -0.25) is 4.68 Å². The lowest BCUT2D eigenvalue weighted by Gasteiger charge is -2.11. The third-order valence-corrected chi connectivity index (χ3v) is 2.83. The van der Waals surface area contributed by atoms with Gasteiger partial charge in [0.1, 0.15) is 12.2 Å². The molecule has 6 heteroatoms. The van der Waals surface area contributed by atoms with Gasteiger partial charge in [-0.1, -0.05) is 0 Å². The first kappa shape index (κ1) is 11.8. The van der Waals surface area contributed by atoms with Crippen molar-refractivity contribution in [3.63, 3.8) is 0 Å². The molecule has 2 rings (SSSR count). The molecule has 2 aromatic rings. The maximum absolute atomic E-state index is 4.16. The number of aromatic nitrogens is 5. The fraction of sp³-hybridized carbons (Fsp3) is 0.545. The second-order valence-corrected chi connectivity index (χ2v) is 4.23. The third-order valence-electron chi connectivity index (χ3n) is 2.83. The van der Waals surface area contributed by atoms with Crippen LogP contribution in [-0.4, -0.2) is 31.1 Å². The first-order valence-electron chi connectivity index (χ1n) is 5.71. The number of hydrogen-bond donors (Lipinski definition) is 1. The Balaban J connectivity index is 1.81. The van der Waals surface area contributed by atoms with Crippen LogP contribution in [0.1, 0.15) is 24.4 Å². The quantitative estimate of drug-likeness (QED) is 0.815. The van der Waals surface area contributed by atoms with Gasteiger partial charge in [0.25, 0.3) is 0 Å². The zero-order valence-electron chi connectivity index (χ0n) is 10.5. The molecule has 0 aromatic carbocycles. The Morgan fingerprint density at radius 1 is 1.41 bits per heavy atom. The van der Waals surface area contributed by atoms with Crippen LogP contribution in [0.4, 0.5) is 0 Å². The highest BCUT2D eigenvalue weighted by molar-refractivity contribution is 5.08. The predicted octanol–water partition coefficient (Wildman–Crippen LogP) is 0.442. The van der Waals surface area contributed by atoms with Crippen LogP contribution >= 0.6 is 0 Å². The number of nitrogens with one attached hydrogen (secondary N) is 1. The summed E-state index contributed by atoms with van der Waals surface area (Å²) in [5.41, 5.74) is 1.20. The molecule has 92 valence electrons. The summed E-state index contributed by atoms with van der Waals surface area (Å²) in [7, 11) is 3.88. The van der Waals surface area contributed by atoms with Gasteiger partial charge in [0, 0.05) is 44.9 Å². The van der Waals surface area contributed by atoms with E-state index in [4.69, 9.17) is 0 Å². The van der Waals surface area contributed by atoms with Crippen molar-refractivity contribution in [1.29, 1.82) is 0 Å². The van der Waals surface area contributed by atoms with Gasteiger partial charge < -0.3 is 9.88 Å². The van der Waals surface area contributed by atoms with Crippen LogP contribution in [0.5, 0.6) is 0 Å². The van der Waals surface area contributed by atoms with Crippen LogP contribution < -0.4 is 5.32 Å². The molecule has 0 fully saturated rings. The summed E-state index contributed by atoms with van der Waals surface area (Å²) in [5.74, 6) is 0.996. The molecule has 0 bridgehead atoms. The molecule has 1 unspecified atom stereocenters. The molecule has 0 aliphatic rings. The zero-order valence-corrected chi connectivity index (χ0v) is 10.5. The summed E-state index contributed by atoms with van der Waals surface area (Å²) in [6.07, 6.45) is 6.51. The monoisotopic (exact) mass is 234 g/mol. The number of hydrogen-bond acceptors (Lipinski definition) is 4. The first-order valence-corrected chi connectivity index (χ1v) is 5.71. The molecule has 0 radical (unpaired) electrons. The maximum atomic E-state index is 4.16. The third kappa shape index (κ3) is 2.91. The topological polar surface area (TPSA) is 60.6 Å². The van der Waals surface area contributed by atoms with Gasteiger partial charge in [0.05, 0.1) is 6.20 Å². The van der Waals surface area contributed by atoms with E-state index < -0.39 is 0 Å². The summed E-state index contributed by atoms with van der Waals surface area (Å²) < 4.78 is 3.76. The summed E-state index contributed by atoms with van der Waals surface area (Å²) in [5, 5.41) is 15.5. The predicted molar refractivity (Wildman–Crippen MR) is 64.3 cm³/mol. The minimum atomic E-state index is 0.303. The van der Waals surface area contributed by atoms with E-state index in [9.17, 15) is 0 Å². The molecule has 0 aliphatic heterocycles. The van der Waals surface area contributed by atoms with E-state index in [1.165, 1.54) is 5.56 Å². The van der Waals surface area contributed by atoms with Gasteiger partial charge in [-0.05, 0) is 6.92 Å². The maximum Gasteiger partial charge on any atom is 0.133 e. The molecule has 0 aliphatic carbocycles. The standard InChI is InChI=1S/C11H18N6/c1-9(10-6-14-17(3)7-10)12-5-4-11-15-13-8-16(11)2/h6-9,12H,4-5H2,1-3H3. The lowest BCUT2D eigenvalue weighted by molar-refractivity contribution is 0.564. The van der Waals surface area contributed by atoms with Gasteiger partial charge in [-0.25, -0.2) is 0 Å². The van der Waals surface area contributed by atoms with Crippen molar-refractivity contribution in [1.82, 2.24) is 29.9 Å². The fourth-order valence-electron chi connectivity index (χ4n) is 1.72. The van der Waals surface area contributed by atoms with Crippen LogP contribution in [0.2, 0.25) is 0 Å². The second kappa shape index (κ2) is 5.09. The Morgan fingerprint density at radius 3 is 2.82 bits per heavy atom. The highest BCUT2D eigenvalue weighted by Crippen LogP contribution is 2.09. The average molecular weight is 234 g/mol. The van der Waals surface area contributed by atoms with E-state index in [2.05, 4.69) is 27.5 Å². The lowest BCUT2D eigenvalue weighted by atomic mass is 10.2. The van der Waals surface area contributed by atoms with Crippen LogP contribution in [0.3, 0.4) is 0 Å². The van der Waals surface area contributed by atoms with Crippen LogP contribution in [-0.2, 0) is 20.5 Å². The van der Waals surface area contributed by atoms with Crippen molar-refractivity contribution in [2.75, 3.05) is 6.54 Å². The summed E-state index contributed by atoms with van der Waals surface area (Å²) in [4.78, 5) is 0. The van der Waals surface area contributed by atoms with Crippen LogP contribution in [0.25, 0.3) is 0 Å². The zero-order chi connectivity index (χ0) is 12.3. The SMILES string of the molecule is CC(NCCc1nncn1C)c1cnn(C)c1. The van der Waals surface area contributed by atoms with Crippen molar-refractivity contribution < 1.29 is 0 Å². The molecule has 0 saturated carbocycles. The van der Waals surface area contributed by atoms with Crippen LogP contribution in [0, 0.1) is 0 Å². The number of nitrogens with zero attached hydrogens (tertiary/aromatic N) is 5. The Labute approximate surface area is 101 Å². The van der Waals surface area contributed by atoms with E-state index in [0.29, 0.717) is 6.04 Å². The van der Waals surface area contributed by atoms with Gasteiger partial charge in [-0.15, -0.1) is 10.2 Å². The molecule has 1 N–H and O–H groups in total. The number of aryl methyl sites for hydroxylation is 2. The molecule has 6 nitrogen and oxygen atoms in total. The highest BCUT2D eigenvalue weighted by atomic mass is 15.3. The van der Waals surface area contributed by atoms with Gasteiger partial charge >= 0.3 is 0 Å². The van der Waals surface area contributed by atoms with Crippen molar-refractivity contribution in [2.45, 2.75) is 19.4 Å². The smallest absolute Gasteiger partial charge is 0.133 e. The number of rotatable bonds is 5. The molecule has 0 spiro atoms. The second-order valence-electron chi connectivity index (χ2n) is 4.23. The molecule has 0 saturated heterocycles. The Bertz CT molecular complexity index is 472. The minimum Gasteiger partial charge on any atom is -0.321 e. The Kier molecular flexibility index (Phi) is 3.53. The molecule has 2 heterocycles. The van der Waals surface area contributed by atoms with E-state index in [0.717, 1.165) is 18.8 Å². The van der Waals surface area contributed by atoms with Crippen LogP contribution in [0.15, 0.2) is 18.7 Å². The molecule has 0 amide bonds. The molecule has 2 aromatic heterocycles. The van der Waals surface area contributed by atoms with Crippen molar-refractivity contribution in [3.8, 4) is 0 Å². The van der Waals surface area contributed by atoms with E-state index in [1.54, 1.807) is 6.33 Å².